The van der Waals surface area contributed by atoms with Crippen molar-refractivity contribution in [3.63, 3.8) is 0 Å². The molecule has 0 amide bonds. The van der Waals surface area contributed by atoms with Gasteiger partial charge in [-0.15, -0.1) is 0 Å². The molecule has 4 heteroatoms. The van der Waals surface area contributed by atoms with Gasteiger partial charge in [0, 0.05) is 13.1 Å². The molecule has 4 nitrogen and oxygen atoms in total. The predicted octanol–water partition coefficient (Wildman–Crippen LogP) is -0.155. The van der Waals surface area contributed by atoms with Gasteiger partial charge in [0.1, 0.15) is 5.82 Å². The Morgan fingerprint density at radius 1 is 1.50 bits per heavy atom. The minimum absolute atomic E-state index is 0.178. The van der Waals surface area contributed by atoms with Gasteiger partial charge in [-0.3, -0.25) is 0 Å². The Labute approximate surface area is 70.6 Å². The molecule has 0 aliphatic carbocycles. The van der Waals surface area contributed by atoms with Crippen LogP contribution in [0.2, 0.25) is 0 Å². The number of hydrogen-bond acceptors (Lipinski definition) is 4. The molecule has 0 unspecified atom stereocenters. The van der Waals surface area contributed by atoms with Crippen LogP contribution >= 0.6 is 0 Å². The first-order chi connectivity index (χ1) is 5.75. The van der Waals surface area contributed by atoms with Crippen molar-refractivity contribution in [1.29, 1.82) is 0 Å². The van der Waals surface area contributed by atoms with Crippen LogP contribution in [0.15, 0.2) is 18.3 Å². The first kappa shape index (κ1) is 7.36. The molecule has 1 aromatic rings. The maximum atomic E-state index is 9.05. The quantitative estimate of drug-likeness (QED) is 0.607. The van der Waals surface area contributed by atoms with E-state index in [0.717, 1.165) is 5.69 Å². The van der Waals surface area contributed by atoms with Crippen LogP contribution in [0, 0.1) is 0 Å². The Balaban J connectivity index is 2.09. The highest BCUT2D eigenvalue weighted by atomic mass is 16.3. The van der Waals surface area contributed by atoms with Gasteiger partial charge < -0.3 is 15.7 Å². The second kappa shape index (κ2) is 2.64. The van der Waals surface area contributed by atoms with Gasteiger partial charge in [-0.05, 0) is 12.1 Å². The highest BCUT2D eigenvalue weighted by molar-refractivity contribution is 5.50. The number of hydrogen-bond donors (Lipinski definition) is 2. The highest BCUT2D eigenvalue weighted by Crippen LogP contribution is 2.19. The van der Waals surface area contributed by atoms with Crippen molar-refractivity contribution in [2.45, 2.75) is 6.10 Å². The van der Waals surface area contributed by atoms with Gasteiger partial charge in [0.05, 0.1) is 18.0 Å². The Hall–Kier alpha value is -1.29. The summed E-state index contributed by atoms with van der Waals surface area (Å²) < 4.78 is 0. The van der Waals surface area contributed by atoms with Crippen molar-refractivity contribution in [2.75, 3.05) is 23.7 Å². The maximum Gasteiger partial charge on any atom is 0.123 e. The van der Waals surface area contributed by atoms with Crippen LogP contribution < -0.4 is 10.6 Å². The third-order valence-corrected chi connectivity index (χ3v) is 2.00. The molecule has 0 radical (unpaired) electrons. The first-order valence-electron chi connectivity index (χ1n) is 3.90. The third kappa shape index (κ3) is 1.21. The molecule has 0 bridgehead atoms. The van der Waals surface area contributed by atoms with E-state index in [1.165, 1.54) is 0 Å². The molecule has 3 N–H and O–H groups in total. The third-order valence-electron chi connectivity index (χ3n) is 2.00. The summed E-state index contributed by atoms with van der Waals surface area (Å²) in [7, 11) is 0. The van der Waals surface area contributed by atoms with E-state index in [2.05, 4.69) is 9.88 Å². The molecule has 0 atom stereocenters. The van der Waals surface area contributed by atoms with Crippen molar-refractivity contribution in [2.24, 2.45) is 0 Å². The Bertz CT molecular complexity index is 266. The van der Waals surface area contributed by atoms with Gasteiger partial charge >= 0.3 is 0 Å². The van der Waals surface area contributed by atoms with Crippen LogP contribution in [-0.2, 0) is 0 Å². The number of nitrogens with two attached hydrogens (primary N) is 1. The number of nitrogen functional groups attached to an aromatic ring is 1. The van der Waals surface area contributed by atoms with Gasteiger partial charge in [-0.2, -0.15) is 0 Å². The van der Waals surface area contributed by atoms with Gasteiger partial charge in [0.2, 0.25) is 0 Å². The number of anilines is 2. The van der Waals surface area contributed by atoms with Crippen molar-refractivity contribution in [3.05, 3.63) is 18.3 Å². The fourth-order valence-electron chi connectivity index (χ4n) is 1.25. The molecular weight excluding hydrogens is 154 g/mol. The fourth-order valence-corrected chi connectivity index (χ4v) is 1.25. The topological polar surface area (TPSA) is 62.4 Å². The average molecular weight is 165 g/mol. The zero-order chi connectivity index (χ0) is 8.55. The summed E-state index contributed by atoms with van der Waals surface area (Å²) in [4.78, 5) is 6.01. The minimum atomic E-state index is -0.178. The monoisotopic (exact) mass is 165 g/mol. The number of nitrogens with zero attached hydrogens (tertiary/aromatic N) is 2. The van der Waals surface area contributed by atoms with Gasteiger partial charge in [-0.25, -0.2) is 4.98 Å². The van der Waals surface area contributed by atoms with E-state index < -0.39 is 0 Å². The lowest BCUT2D eigenvalue weighted by atomic mass is 10.1. The summed E-state index contributed by atoms with van der Waals surface area (Å²) in [5, 5.41) is 9.05. The molecule has 0 aromatic carbocycles. The minimum Gasteiger partial charge on any atom is -0.389 e. The van der Waals surface area contributed by atoms with E-state index in [4.69, 9.17) is 10.8 Å². The largest absolute Gasteiger partial charge is 0.389 e. The summed E-state index contributed by atoms with van der Waals surface area (Å²) in [6, 6.07) is 3.67. The van der Waals surface area contributed by atoms with E-state index in [0.29, 0.717) is 18.9 Å². The lowest BCUT2D eigenvalue weighted by Crippen LogP contribution is -2.50. The lowest BCUT2D eigenvalue weighted by molar-refractivity contribution is 0.142. The van der Waals surface area contributed by atoms with Crippen LogP contribution in [0.3, 0.4) is 0 Å². The summed E-state index contributed by atoms with van der Waals surface area (Å²) in [5.74, 6) is 0.528. The molecule has 1 aliphatic rings. The van der Waals surface area contributed by atoms with Crippen molar-refractivity contribution in [1.82, 2.24) is 4.98 Å². The second-order valence-corrected chi connectivity index (χ2v) is 3.00. The highest BCUT2D eigenvalue weighted by Gasteiger charge is 2.24. The zero-order valence-electron chi connectivity index (χ0n) is 6.64. The number of aromatic nitrogens is 1. The summed E-state index contributed by atoms with van der Waals surface area (Å²) >= 11 is 0. The second-order valence-electron chi connectivity index (χ2n) is 3.00. The molecule has 1 aliphatic heterocycles. The number of rotatable bonds is 1. The average Bonchev–Trinajstić information content (AvgIpc) is 2.01. The maximum absolute atomic E-state index is 9.05. The molecule has 2 rings (SSSR count). The first-order valence-corrected chi connectivity index (χ1v) is 3.90. The Kier molecular flexibility index (Phi) is 1.62. The zero-order valence-corrected chi connectivity index (χ0v) is 6.64. The molecule has 12 heavy (non-hydrogen) atoms. The van der Waals surface area contributed by atoms with Crippen molar-refractivity contribution in [3.8, 4) is 0 Å². The van der Waals surface area contributed by atoms with Crippen molar-refractivity contribution < 1.29 is 5.11 Å². The smallest absolute Gasteiger partial charge is 0.123 e. The summed E-state index contributed by atoms with van der Waals surface area (Å²) in [6.45, 7) is 1.40. The molecule has 2 heterocycles. The predicted molar refractivity (Wildman–Crippen MR) is 46.9 cm³/mol. The van der Waals surface area contributed by atoms with E-state index in [1.54, 1.807) is 12.3 Å². The number of pyridine rings is 1. The van der Waals surface area contributed by atoms with Crippen LogP contribution in [0.4, 0.5) is 11.5 Å². The fraction of sp³-hybridized carbons (Fsp3) is 0.375. The summed E-state index contributed by atoms with van der Waals surface area (Å²) in [5.41, 5.74) is 6.46. The van der Waals surface area contributed by atoms with Gasteiger partial charge in [-0.1, -0.05) is 0 Å². The van der Waals surface area contributed by atoms with Crippen LogP contribution in [-0.4, -0.2) is 29.3 Å². The molecule has 1 aromatic heterocycles. The Morgan fingerprint density at radius 3 is 2.75 bits per heavy atom. The van der Waals surface area contributed by atoms with Gasteiger partial charge in [0.25, 0.3) is 0 Å². The summed E-state index contributed by atoms with van der Waals surface area (Å²) in [6.07, 6.45) is 1.55. The Morgan fingerprint density at radius 2 is 2.25 bits per heavy atom. The number of aliphatic hydroxyl groups excluding tert-OH is 1. The van der Waals surface area contributed by atoms with Crippen LogP contribution in [0.5, 0.6) is 0 Å². The van der Waals surface area contributed by atoms with Crippen LogP contribution in [0.25, 0.3) is 0 Å². The molecule has 1 saturated heterocycles. The van der Waals surface area contributed by atoms with E-state index in [-0.39, 0.29) is 6.10 Å². The normalized spacial score (nSPS) is 17.6. The molecule has 1 fully saturated rings. The molecule has 0 spiro atoms. The number of β-amino-alcohol motifs (C(OH)–C–C–N with tert-alkyl or cyclic N) is 1. The van der Waals surface area contributed by atoms with Crippen molar-refractivity contribution >= 4 is 11.5 Å². The van der Waals surface area contributed by atoms with E-state index in [9.17, 15) is 0 Å². The lowest BCUT2D eigenvalue weighted by Gasteiger charge is -2.37. The standard InChI is InChI=1S/C8H11N3O/c9-8-2-1-6(3-10-8)11-4-7(12)5-11/h1-3,7,12H,4-5H2,(H2,9,10). The molecule has 64 valence electrons. The van der Waals surface area contributed by atoms with E-state index in [1.807, 2.05) is 6.07 Å². The molecule has 0 saturated carbocycles. The molecular formula is C8H11N3O. The number of aliphatic hydroxyl groups is 1. The SMILES string of the molecule is Nc1ccc(N2CC(O)C2)cn1. The van der Waals surface area contributed by atoms with Crippen LogP contribution in [0.1, 0.15) is 0 Å². The van der Waals surface area contributed by atoms with Gasteiger partial charge in [0.15, 0.2) is 0 Å². The van der Waals surface area contributed by atoms with E-state index >= 15 is 0 Å².